The molecule has 0 radical (unpaired) electrons. The standard InChI is InChI=1S/C16H15F3N2O2/c1-10-3-8-14(23-2)13(9-10)21-15(22)20-12-6-4-11(5-7-12)16(17,18)19/h3-9H,1-2H3,(H2,20,21,22). The van der Waals surface area contributed by atoms with Crippen LogP contribution in [0, 0.1) is 6.92 Å². The number of amides is 2. The molecule has 2 amide bonds. The molecule has 23 heavy (non-hydrogen) atoms. The van der Waals surface area contributed by atoms with Crippen molar-refractivity contribution in [2.24, 2.45) is 0 Å². The van der Waals surface area contributed by atoms with E-state index in [0.29, 0.717) is 11.4 Å². The van der Waals surface area contributed by atoms with E-state index in [-0.39, 0.29) is 5.69 Å². The minimum absolute atomic E-state index is 0.252. The van der Waals surface area contributed by atoms with Crippen LogP contribution < -0.4 is 15.4 Å². The number of alkyl halides is 3. The molecule has 0 heterocycles. The summed E-state index contributed by atoms with van der Waals surface area (Å²) in [6.45, 7) is 1.86. The zero-order valence-electron chi connectivity index (χ0n) is 12.5. The molecular weight excluding hydrogens is 309 g/mol. The summed E-state index contributed by atoms with van der Waals surface area (Å²) < 4.78 is 42.6. The van der Waals surface area contributed by atoms with Crippen molar-refractivity contribution in [2.45, 2.75) is 13.1 Å². The summed E-state index contributed by atoms with van der Waals surface area (Å²) in [5.41, 5.74) is 0.874. The maximum Gasteiger partial charge on any atom is 0.416 e. The van der Waals surface area contributed by atoms with Gasteiger partial charge in [-0.2, -0.15) is 13.2 Å². The molecule has 0 aliphatic carbocycles. The summed E-state index contributed by atoms with van der Waals surface area (Å²) >= 11 is 0. The lowest BCUT2D eigenvalue weighted by Gasteiger charge is -2.12. The Morgan fingerprint density at radius 1 is 1.04 bits per heavy atom. The summed E-state index contributed by atoms with van der Waals surface area (Å²) in [6.07, 6.45) is -4.41. The molecule has 0 aromatic heterocycles. The fourth-order valence-electron chi connectivity index (χ4n) is 1.95. The van der Waals surface area contributed by atoms with Gasteiger partial charge in [-0.05, 0) is 48.9 Å². The number of hydrogen-bond donors (Lipinski definition) is 2. The second kappa shape index (κ2) is 6.60. The van der Waals surface area contributed by atoms with Gasteiger partial charge in [0, 0.05) is 5.69 Å². The average Bonchev–Trinajstić information content (AvgIpc) is 2.47. The zero-order valence-corrected chi connectivity index (χ0v) is 12.5. The third kappa shape index (κ3) is 4.38. The van der Waals surface area contributed by atoms with Crippen molar-refractivity contribution in [3.8, 4) is 5.75 Å². The number of methoxy groups -OCH3 is 1. The van der Waals surface area contributed by atoms with Gasteiger partial charge in [-0.1, -0.05) is 6.07 Å². The summed E-state index contributed by atoms with van der Waals surface area (Å²) in [7, 11) is 1.48. The van der Waals surface area contributed by atoms with Crippen LogP contribution in [0.3, 0.4) is 0 Å². The summed E-state index contributed by atoms with van der Waals surface area (Å²) in [4.78, 5) is 11.9. The van der Waals surface area contributed by atoms with Gasteiger partial charge in [0.05, 0.1) is 18.4 Å². The highest BCUT2D eigenvalue weighted by molar-refractivity contribution is 6.00. The number of hydrogen-bond acceptors (Lipinski definition) is 2. The number of ether oxygens (including phenoxy) is 1. The van der Waals surface area contributed by atoms with Gasteiger partial charge >= 0.3 is 12.2 Å². The predicted octanol–water partition coefficient (Wildman–Crippen LogP) is 4.67. The number of benzene rings is 2. The van der Waals surface area contributed by atoms with E-state index in [4.69, 9.17) is 4.74 Å². The van der Waals surface area contributed by atoms with Crippen molar-refractivity contribution in [3.05, 3.63) is 53.6 Å². The van der Waals surface area contributed by atoms with Crippen LogP contribution in [0.2, 0.25) is 0 Å². The fourth-order valence-corrected chi connectivity index (χ4v) is 1.95. The molecule has 0 spiro atoms. The Labute approximate surface area is 131 Å². The second-order valence-electron chi connectivity index (χ2n) is 4.86. The molecule has 0 saturated heterocycles. The first-order chi connectivity index (χ1) is 10.8. The Kier molecular flexibility index (Phi) is 4.78. The number of nitrogens with one attached hydrogen (secondary N) is 2. The second-order valence-corrected chi connectivity index (χ2v) is 4.86. The Hall–Kier alpha value is -2.70. The Morgan fingerprint density at radius 2 is 1.70 bits per heavy atom. The molecule has 0 aliphatic rings. The van der Waals surface area contributed by atoms with Crippen LogP contribution in [0.4, 0.5) is 29.3 Å². The molecular formula is C16H15F3N2O2. The highest BCUT2D eigenvalue weighted by Gasteiger charge is 2.29. The molecule has 2 aromatic rings. The van der Waals surface area contributed by atoms with E-state index in [1.807, 2.05) is 13.0 Å². The van der Waals surface area contributed by atoms with Gasteiger partial charge in [-0.3, -0.25) is 0 Å². The number of urea groups is 1. The van der Waals surface area contributed by atoms with Gasteiger partial charge < -0.3 is 15.4 Å². The van der Waals surface area contributed by atoms with Crippen molar-refractivity contribution in [1.29, 1.82) is 0 Å². The molecule has 2 N–H and O–H groups in total. The SMILES string of the molecule is COc1ccc(C)cc1NC(=O)Nc1ccc(C(F)(F)F)cc1. The first kappa shape index (κ1) is 16.7. The number of rotatable bonds is 3. The van der Waals surface area contributed by atoms with E-state index in [1.54, 1.807) is 12.1 Å². The Balaban J connectivity index is 2.07. The van der Waals surface area contributed by atoms with E-state index in [2.05, 4.69) is 10.6 Å². The molecule has 0 atom stereocenters. The first-order valence-electron chi connectivity index (χ1n) is 6.69. The molecule has 122 valence electrons. The van der Waals surface area contributed by atoms with Gasteiger partial charge in [0.15, 0.2) is 0 Å². The Bertz CT molecular complexity index is 697. The number of anilines is 2. The lowest BCUT2D eigenvalue weighted by molar-refractivity contribution is -0.137. The highest BCUT2D eigenvalue weighted by atomic mass is 19.4. The monoisotopic (exact) mass is 324 g/mol. The largest absolute Gasteiger partial charge is 0.495 e. The molecule has 4 nitrogen and oxygen atoms in total. The summed E-state index contributed by atoms with van der Waals surface area (Å²) in [5, 5.41) is 5.07. The molecule has 0 aliphatic heterocycles. The number of halogens is 3. The highest BCUT2D eigenvalue weighted by Crippen LogP contribution is 2.30. The van der Waals surface area contributed by atoms with Crippen LogP contribution in [-0.2, 0) is 6.18 Å². The van der Waals surface area contributed by atoms with Crippen molar-refractivity contribution < 1.29 is 22.7 Å². The summed E-state index contributed by atoms with van der Waals surface area (Å²) in [5.74, 6) is 0.484. The molecule has 0 fully saturated rings. The zero-order chi connectivity index (χ0) is 17.0. The van der Waals surface area contributed by atoms with Gasteiger partial charge in [-0.25, -0.2) is 4.79 Å². The minimum atomic E-state index is -4.41. The number of carbonyl (C=O) groups excluding carboxylic acids is 1. The van der Waals surface area contributed by atoms with Gasteiger partial charge in [-0.15, -0.1) is 0 Å². The van der Waals surface area contributed by atoms with Crippen LogP contribution in [-0.4, -0.2) is 13.1 Å². The van der Waals surface area contributed by atoms with Crippen molar-refractivity contribution in [3.63, 3.8) is 0 Å². The maximum atomic E-state index is 12.5. The minimum Gasteiger partial charge on any atom is -0.495 e. The molecule has 7 heteroatoms. The smallest absolute Gasteiger partial charge is 0.416 e. The normalized spacial score (nSPS) is 11.0. The van der Waals surface area contributed by atoms with Crippen LogP contribution in [0.25, 0.3) is 0 Å². The van der Waals surface area contributed by atoms with Crippen molar-refractivity contribution >= 4 is 17.4 Å². The fraction of sp³-hybridized carbons (Fsp3) is 0.188. The quantitative estimate of drug-likeness (QED) is 0.862. The van der Waals surface area contributed by atoms with Gasteiger partial charge in [0.25, 0.3) is 0 Å². The van der Waals surface area contributed by atoms with Crippen LogP contribution >= 0.6 is 0 Å². The lowest BCUT2D eigenvalue weighted by Crippen LogP contribution is -2.20. The van der Waals surface area contributed by atoms with E-state index in [9.17, 15) is 18.0 Å². The number of carbonyl (C=O) groups is 1. The van der Waals surface area contributed by atoms with Crippen LogP contribution in [0.5, 0.6) is 5.75 Å². The third-order valence-corrected chi connectivity index (χ3v) is 3.07. The Morgan fingerprint density at radius 3 is 2.26 bits per heavy atom. The molecule has 2 aromatic carbocycles. The molecule has 0 bridgehead atoms. The van der Waals surface area contributed by atoms with Crippen molar-refractivity contribution in [1.82, 2.24) is 0 Å². The van der Waals surface area contributed by atoms with E-state index in [0.717, 1.165) is 17.7 Å². The first-order valence-corrected chi connectivity index (χ1v) is 6.69. The topological polar surface area (TPSA) is 50.4 Å². The predicted molar refractivity (Wildman–Crippen MR) is 81.8 cm³/mol. The molecule has 0 saturated carbocycles. The molecule has 2 rings (SSSR count). The summed E-state index contributed by atoms with van der Waals surface area (Å²) in [6, 6.07) is 8.89. The van der Waals surface area contributed by atoms with Crippen LogP contribution in [0.15, 0.2) is 42.5 Å². The van der Waals surface area contributed by atoms with E-state index in [1.165, 1.54) is 19.2 Å². The average molecular weight is 324 g/mol. The third-order valence-electron chi connectivity index (χ3n) is 3.07. The molecule has 0 unspecified atom stereocenters. The van der Waals surface area contributed by atoms with Crippen molar-refractivity contribution in [2.75, 3.05) is 17.7 Å². The lowest BCUT2D eigenvalue weighted by atomic mass is 10.2. The van der Waals surface area contributed by atoms with E-state index >= 15 is 0 Å². The van der Waals surface area contributed by atoms with Gasteiger partial charge in [0.2, 0.25) is 0 Å². The van der Waals surface area contributed by atoms with Crippen LogP contribution in [0.1, 0.15) is 11.1 Å². The van der Waals surface area contributed by atoms with E-state index < -0.39 is 17.8 Å². The maximum absolute atomic E-state index is 12.5. The van der Waals surface area contributed by atoms with Gasteiger partial charge in [0.1, 0.15) is 5.75 Å². The number of aryl methyl sites for hydroxylation is 1.